The van der Waals surface area contributed by atoms with Gasteiger partial charge in [-0.3, -0.25) is 0 Å². The largest absolute Gasteiger partial charge is 0.459 e. The number of hydrogen-bond acceptors (Lipinski definition) is 6. The molecule has 2 heterocycles. The van der Waals surface area contributed by atoms with E-state index in [2.05, 4.69) is 9.97 Å². The molecule has 92 valence electrons. The summed E-state index contributed by atoms with van der Waals surface area (Å²) in [5, 5.41) is 0. The molecule has 2 aromatic rings. The molecule has 0 aliphatic carbocycles. The van der Waals surface area contributed by atoms with Gasteiger partial charge >= 0.3 is 6.01 Å². The van der Waals surface area contributed by atoms with E-state index < -0.39 is 0 Å². The molecule has 18 heavy (non-hydrogen) atoms. The van der Waals surface area contributed by atoms with Crippen LogP contribution < -0.4 is 19.9 Å². The average Bonchev–Trinajstić information content (AvgIpc) is 2.84. The van der Waals surface area contributed by atoms with Gasteiger partial charge in [-0.05, 0) is 23.8 Å². The fourth-order valence-electron chi connectivity index (χ4n) is 1.60. The van der Waals surface area contributed by atoms with E-state index in [9.17, 15) is 0 Å². The van der Waals surface area contributed by atoms with Crippen LogP contribution in [0.3, 0.4) is 0 Å². The lowest BCUT2D eigenvalue weighted by molar-refractivity contribution is 0.174. The van der Waals surface area contributed by atoms with Gasteiger partial charge in [-0.2, -0.15) is 4.98 Å². The number of hydrogen-bond donors (Lipinski definition) is 1. The van der Waals surface area contributed by atoms with Crippen LogP contribution in [0.15, 0.2) is 30.5 Å². The zero-order chi connectivity index (χ0) is 12.4. The minimum absolute atomic E-state index is 0.257. The molecule has 0 spiro atoms. The molecule has 3 rings (SSSR count). The van der Waals surface area contributed by atoms with E-state index in [4.69, 9.17) is 19.9 Å². The zero-order valence-electron chi connectivity index (χ0n) is 9.50. The standard InChI is InChI=1S/C12H11N3O3/c13-11-3-4-14-12(15-11)16-6-8-1-2-9-10(5-8)18-7-17-9/h1-5H,6-7H2,(H2,13,14,15). The number of anilines is 1. The summed E-state index contributed by atoms with van der Waals surface area (Å²) in [4.78, 5) is 7.91. The summed E-state index contributed by atoms with van der Waals surface area (Å²) in [6.07, 6.45) is 1.55. The van der Waals surface area contributed by atoms with Gasteiger partial charge in [0.15, 0.2) is 11.5 Å². The molecule has 1 aliphatic rings. The number of benzene rings is 1. The second kappa shape index (κ2) is 4.40. The van der Waals surface area contributed by atoms with Crippen LogP contribution in [0.5, 0.6) is 17.5 Å². The number of nitrogens with two attached hydrogens (primary N) is 1. The van der Waals surface area contributed by atoms with Crippen molar-refractivity contribution in [2.45, 2.75) is 6.61 Å². The van der Waals surface area contributed by atoms with Gasteiger partial charge in [-0.15, -0.1) is 0 Å². The quantitative estimate of drug-likeness (QED) is 0.879. The molecule has 1 aromatic carbocycles. The van der Waals surface area contributed by atoms with Gasteiger partial charge in [0, 0.05) is 6.20 Å². The highest BCUT2D eigenvalue weighted by atomic mass is 16.7. The Hall–Kier alpha value is -2.50. The van der Waals surface area contributed by atoms with Crippen LogP contribution in [-0.4, -0.2) is 16.8 Å². The van der Waals surface area contributed by atoms with E-state index in [-0.39, 0.29) is 12.8 Å². The molecule has 0 bridgehead atoms. The van der Waals surface area contributed by atoms with Gasteiger partial charge in [0.2, 0.25) is 6.79 Å². The van der Waals surface area contributed by atoms with Gasteiger partial charge in [-0.1, -0.05) is 6.07 Å². The fourth-order valence-corrected chi connectivity index (χ4v) is 1.60. The Balaban J connectivity index is 1.70. The van der Waals surface area contributed by atoms with Crippen LogP contribution >= 0.6 is 0 Å². The van der Waals surface area contributed by atoms with Crippen LogP contribution in [0.4, 0.5) is 5.82 Å². The normalized spacial score (nSPS) is 12.4. The topological polar surface area (TPSA) is 79.5 Å². The van der Waals surface area contributed by atoms with Crippen LogP contribution in [-0.2, 0) is 6.61 Å². The highest BCUT2D eigenvalue weighted by Crippen LogP contribution is 2.32. The lowest BCUT2D eigenvalue weighted by atomic mass is 10.2. The first-order chi connectivity index (χ1) is 8.81. The maximum absolute atomic E-state index is 5.53. The van der Waals surface area contributed by atoms with Crippen LogP contribution in [0.25, 0.3) is 0 Å². The van der Waals surface area contributed by atoms with Gasteiger partial charge < -0.3 is 19.9 Å². The summed E-state index contributed by atoms with van der Waals surface area (Å²) < 4.78 is 15.9. The van der Waals surface area contributed by atoms with Crippen molar-refractivity contribution < 1.29 is 14.2 Å². The summed E-state index contributed by atoms with van der Waals surface area (Å²) in [5.74, 6) is 1.86. The summed E-state index contributed by atoms with van der Waals surface area (Å²) >= 11 is 0. The number of aromatic nitrogens is 2. The van der Waals surface area contributed by atoms with Crippen LogP contribution in [0.1, 0.15) is 5.56 Å². The summed E-state index contributed by atoms with van der Waals surface area (Å²) in [6.45, 7) is 0.609. The van der Waals surface area contributed by atoms with E-state index in [1.54, 1.807) is 12.3 Å². The van der Waals surface area contributed by atoms with Gasteiger partial charge in [0.1, 0.15) is 12.4 Å². The first-order valence-electron chi connectivity index (χ1n) is 5.41. The molecule has 0 saturated heterocycles. The van der Waals surface area contributed by atoms with Gasteiger partial charge in [0.05, 0.1) is 0 Å². The van der Waals surface area contributed by atoms with Crippen molar-refractivity contribution in [3.05, 3.63) is 36.0 Å². The second-order valence-corrected chi connectivity index (χ2v) is 3.74. The maximum Gasteiger partial charge on any atom is 0.318 e. The molecule has 2 N–H and O–H groups in total. The first-order valence-corrected chi connectivity index (χ1v) is 5.41. The third-order valence-corrected chi connectivity index (χ3v) is 2.46. The lowest BCUT2D eigenvalue weighted by Crippen LogP contribution is -2.01. The van der Waals surface area contributed by atoms with Crippen molar-refractivity contribution in [1.82, 2.24) is 9.97 Å². The number of nitrogens with zero attached hydrogens (tertiary/aromatic N) is 2. The Bertz CT molecular complexity index is 574. The van der Waals surface area contributed by atoms with E-state index in [0.717, 1.165) is 17.1 Å². The summed E-state index contributed by atoms with van der Waals surface area (Å²) in [7, 11) is 0. The highest BCUT2D eigenvalue weighted by Gasteiger charge is 2.13. The predicted molar refractivity (Wildman–Crippen MR) is 63.3 cm³/mol. The van der Waals surface area contributed by atoms with E-state index >= 15 is 0 Å². The predicted octanol–water partition coefficient (Wildman–Crippen LogP) is 1.37. The third kappa shape index (κ3) is 2.13. The Morgan fingerprint density at radius 3 is 3.00 bits per heavy atom. The monoisotopic (exact) mass is 245 g/mol. The second-order valence-electron chi connectivity index (χ2n) is 3.74. The Kier molecular flexibility index (Phi) is 2.60. The smallest absolute Gasteiger partial charge is 0.318 e. The third-order valence-electron chi connectivity index (χ3n) is 2.46. The molecule has 1 aliphatic heterocycles. The van der Waals surface area contributed by atoms with E-state index in [0.29, 0.717) is 12.4 Å². The molecule has 1 aromatic heterocycles. The molecule has 0 atom stereocenters. The van der Waals surface area contributed by atoms with Crippen LogP contribution in [0.2, 0.25) is 0 Å². The lowest BCUT2D eigenvalue weighted by Gasteiger charge is -2.05. The van der Waals surface area contributed by atoms with Gasteiger partial charge in [0.25, 0.3) is 0 Å². The minimum atomic E-state index is 0.257. The van der Waals surface area contributed by atoms with Crippen molar-refractivity contribution in [3.8, 4) is 17.5 Å². The summed E-state index contributed by atoms with van der Waals surface area (Å²) in [6, 6.07) is 7.48. The van der Waals surface area contributed by atoms with Crippen LogP contribution in [0, 0.1) is 0 Å². The van der Waals surface area contributed by atoms with Gasteiger partial charge in [-0.25, -0.2) is 4.98 Å². The van der Waals surface area contributed by atoms with Crippen molar-refractivity contribution in [3.63, 3.8) is 0 Å². The molecule has 6 heteroatoms. The number of fused-ring (bicyclic) bond motifs is 1. The maximum atomic E-state index is 5.53. The molecule has 0 fully saturated rings. The SMILES string of the molecule is Nc1ccnc(OCc2ccc3c(c2)OCO3)n1. The molecule has 6 nitrogen and oxygen atoms in total. The summed E-state index contributed by atoms with van der Waals surface area (Å²) in [5.41, 5.74) is 6.48. The highest BCUT2D eigenvalue weighted by molar-refractivity contribution is 5.44. The molecule has 0 unspecified atom stereocenters. The number of rotatable bonds is 3. The molecular formula is C12H11N3O3. The molecule has 0 saturated carbocycles. The van der Waals surface area contributed by atoms with E-state index in [1.807, 2.05) is 18.2 Å². The molecule has 0 radical (unpaired) electrons. The minimum Gasteiger partial charge on any atom is -0.459 e. The number of ether oxygens (including phenoxy) is 3. The van der Waals surface area contributed by atoms with Crippen molar-refractivity contribution in [1.29, 1.82) is 0 Å². The fraction of sp³-hybridized carbons (Fsp3) is 0.167. The zero-order valence-corrected chi connectivity index (χ0v) is 9.50. The Morgan fingerprint density at radius 2 is 2.11 bits per heavy atom. The average molecular weight is 245 g/mol. The van der Waals surface area contributed by atoms with Crippen molar-refractivity contribution in [2.75, 3.05) is 12.5 Å². The Labute approximate surface area is 103 Å². The molecular weight excluding hydrogens is 234 g/mol. The molecule has 0 amide bonds. The van der Waals surface area contributed by atoms with Crippen molar-refractivity contribution >= 4 is 5.82 Å². The Morgan fingerprint density at radius 1 is 1.22 bits per heavy atom. The number of nitrogen functional groups attached to an aromatic ring is 1. The first kappa shape index (κ1) is 10.6. The van der Waals surface area contributed by atoms with E-state index in [1.165, 1.54) is 0 Å². The van der Waals surface area contributed by atoms with Crippen molar-refractivity contribution in [2.24, 2.45) is 0 Å².